The highest BCUT2D eigenvalue weighted by Gasteiger charge is 2.30. The number of carbonyl (C=O) groups is 2. The number of nitrogens with zero attached hydrogens (tertiary/aromatic N) is 1. The molecule has 0 bridgehead atoms. The fraction of sp³-hybridized carbons (Fsp3) is 0.600. The van der Waals surface area contributed by atoms with Gasteiger partial charge in [0, 0.05) is 25.6 Å². The fourth-order valence-electron chi connectivity index (χ4n) is 4.26. The van der Waals surface area contributed by atoms with Crippen LogP contribution < -0.4 is 11.1 Å². The molecule has 1 heterocycles. The van der Waals surface area contributed by atoms with Gasteiger partial charge in [-0.1, -0.05) is 43.2 Å². The number of nitrogens with two attached hydrogens (primary N) is 1. The van der Waals surface area contributed by atoms with Crippen LogP contribution in [0.2, 0.25) is 0 Å². The topological polar surface area (TPSA) is 75.4 Å². The molecule has 1 saturated carbocycles. The van der Waals surface area contributed by atoms with Crippen LogP contribution in [0.4, 0.5) is 0 Å². The van der Waals surface area contributed by atoms with Crippen molar-refractivity contribution < 1.29 is 9.59 Å². The third kappa shape index (κ3) is 4.82. The fourth-order valence-corrected chi connectivity index (χ4v) is 4.26. The van der Waals surface area contributed by atoms with Gasteiger partial charge >= 0.3 is 0 Å². The lowest BCUT2D eigenvalue weighted by molar-refractivity contribution is -0.125. The highest BCUT2D eigenvalue weighted by Crippen LogP contribution is 2.28. The van der Waals surface area contributed by atoms with Crippen molar-refractivity contribution in [2.75, 3.05) is 13.1 Å². The van der Waals surface area contributed by atoms with Crippen LogP contribution in [0, 0.1) is 5.92 Å². The van der Waals surface area contributed by atoms with Gasteiger partial charge in [0.15, 0.2) is 0 Å². The predicted octanol–water partition coefficient (Wildman–Crippen LogP) is 2.37. The second-order valence-corrected chi connectivity index (χ2v) is 7.45. The lowest BCUT2D eigenvalue weighted by Crippen LogP contribution is -2.48. The number of rotatable bonds is 6. The van der Waals surface area contributed by atoms with E-state index in [1.165, 1.54) is 25.7 Å². The summed E-state index contributed by atoms with van der Waals surface area (Å²) in [5, 5.41) is 3.19. The van der Waals surface area contributed by atoms with Crippen LogP contribution in [0.3, 0.4) is 0 Å². The molecule has 5 heteroatoms. The Kier molecular flexibility index (Phi) is 6.08. The molecule has 1 aliphatic carbocycles. The molecule has 0 unspecified atom stereocenters. The van der Waals surface area contributed by atoms with Crippen molar-refractivity contribution in [3.63, 3.8) is 0 Å². The van der Waals surface area contributed by atoms with Crippen molar-refractivity contribution >= 4 is 11.8 Å². The smallest absolute Gasteiger partial charge is 0.239 e. The van der Waals surface area contributed by atoms with Crippen molar-refractivity contribution in [3.05, 3.63) is 35.9 Å². The molecule has 3 rings (SSSR count). The van der Waals surface area contributed by atoms with Gasteiger partial charge in [0.2, 0.25) is 11.8 Å². The van der Waals surface area contributed by atoms with Crippen molar-refractivity contribution in [1.29, 1.82) is 0 Å². The maximum atomic E-state index is 12.2. The SMILES string of the molecule is NC(=O)[C@@H](c1ccccc1)N1CCC(NC(=O)CC2CCCC2)CC1. The summed E-state index contributed by atoms with van der Waals surface area (Å²) in [6.07, 6.45) is 7.34. The number of piperidine rings is 1. The van der Waals surface area contributed by atoms with Crippen LogP contribution >= 0.6 is 0 Å². The summed E-state index contributed by atoms with van der Waals surface area (Å²) >= 11 is 0. The minimum atomic E-state index is -0.378. The van der Waals surface area contributed by atoms with E-state index in [0.29, 0.717) is 12.3 Å². The normalized spacial score (nSPS) is 21.1. The van der Waals surface area contributed by atoms with E-state index in [2.05, 4.69) is 10.2 Å². The zero-order valence-corrected chi connectivity index (χ0v) is 14.8. The molecule has 2 amide bonds. The number of hydrogen-bond acceptors (Lipinski definition) is 3. The van der Waals surface area contributed by atoms with Gasteiger partial charge in [-0.15, -0.1) is 0 Å². The molecule has 2 aliphatic rings. The Labute approximate surface area is 150 Å². The summed E-state index contributed by atoms with van der Waals surface area (Å²) in [6.45, 7) is 1.55. The number of carbonyl (C=O) groups excluding carboxylic acids is 2. The van der Waals surface area contributed by atoms with Crippen LogP contribution in [0.1, 0.15) is 56.6 Å². The van der Waals surface area contributed by atoms with E-state index >= 15 is 0 Å². The third-order valence-corrected chi connectivity index (χ3v) is 5.59. The zero-order valence-electron chi connectivity index (χ0n) is 14.8. The highest BCUT2D eigenvalue weighted by atomic mass is 16.2. The Bertz CT molecular complexity index is 576. The van der Waals surface area contributed by atoms with Gasteiger partial charge in [0.1, 0.15) is 6.04 Å². The van der Waals surface area contributed by atoms with Gasteiger partial charge in [-0.05, 0) is 37.2 Å². The molecule has 1 aromatic carbocycles. The van der Waals surface area contributed by atoms with E-state index in [0.717, 1.165) is 31.5 Å². The summed E-state index contributed by atoms with van der Waals surface area (Å²) in [7, 11) is 0. The number of nitrogens with one attached hydrogen (secondary N) is 1. The molecule has 0 radical (unpaired) electrons. The number of hydrogen-bond donors (Lipinski definition) is 2. The Hall–Kier alpha value is -1.88. The highest BCUT2D eigenvalue weighted by molar-refractivity contribution is 5.81. The van der Waals surface area contributed by atoms with Gasteiger partial charge in [-0.3, -0.25) is 14.5 Å². The summed E-state index contributed by atoms with van der Waals surface area (Å²) in [4.78, 5) is 26.3. The number of amides is 2. The van der Waals surface area contributed by atoms with E-state index in [4.69, 9.17) is 5.73 Å². The van der Waals surface area contributed by atoms with Crippen molar-refractivity contribution in [3.8, 4) is 0 Å². The van der Waals surface area contributed by atoms with E-state index in [1.54, 1.807) is 0 Å². The number of likely N-dealkylation sites (tertiary alicyclic amines) is 1. The van der Waals surface area contributed by atoms with Gasteiger partial charge in [-0.25, -0.2) is 0 Å². The number of primary amides is 1. The zero-order chi connectivity index (χ0) is 17.6. The Morgan fingerprint density at radius 3 is 2.32 bits per heavy atom. The van der Waals surface area contributed by atoms with Crippen LogP contribution in [0.25, 0.3) is 0 Å². The molecule has 136 valence electrons. The first-order chi connectivity index (χ1) is 12.1. The molecule has 1 atom stereocenters. The lowest BCUT2D eigenvalue weighted by Gasteiger charge is -2.36. The molecule has 3 N–H and O–H groups in total. The van der Waals surface area contributed by atoms with E-state index in [-0.39, 0.29) is 23.9 Å². The first-order valence-electron chi connectivity index (χ1n) is 9.51. The third-order valence-electron chi connectivity index (χ3n) is 5.59. The average molecular weight is 343 g/mol. The lowest BCUT2D eigenvalue weighted by atomic mass is 9.98. The van der Waals surface area contributed by atoms with E-state index in [9.17, 15) is 9.59 Å². The molecule has 0 aromatic heterocycles. The van der Waals surface area contributed by atoms with Crippen molar-refractivity contribution in [2.24, 2.45) is 11.7 Å². The maximum Gasteiger partial charge on any atom is 0.239 e. The molecule has 0 spiro atoms. The minimum absolute atomic E-state index is 0.194. The van der Waals surface area contributed by atoms with Gasteiger partial charge in [0.05, 0.1) is 0 Å². The summed E-state index contributed by atoms with van der Waals surface area (Å²) < 4.78 is 0. The monoisotopic (exact) mass is 343 g/mol. The standard InChI is InChI=1S/C20H29N3O2/c21-20(25)19(16-8-2-1-3-9-16)23-12-10-17(11-13-23)22-18(24)14-15-6-4-5-7-15/h1-3,8-9,15,17,19H,4-7,10-14H2,(H2,21,25)(H,22,24)/t19-/m1/s1. The molecule has 2 fully saturated rings. The molecular formula is C20H29N3O2. The second kappa shape index (κ2) is 8.48. The maximum absolute atomic E-state index is 12.2. The summed E-state index contributed by atoms with van der Waals surface area (Å²) in [5.74, 6) is 0.465. The van der Waals surface area contributed by atoms with Gasteiger partial charge in [-0.2, -0.15) is 0 Å². The van der Waals surface area contributed by atoms with Crippen LogP contribution in [0.15, 0.2) is 30.3 Å². The first-order valence-corrected chi connectivity index (χ1v) is 9.51. The van der Waals surface area contributed by atoms with Crippen LogP contribution in [-0.4, -0.2) is 35.8 Å². The molecule has 25 heavy (non-hydrogen) atoms. The average Bonchev–Trinajstić information content (AvgIpc) is 3.10. The molecular weight excluding hydrogens is 314 g/mol. The minimum Gasteiger partial charge on any atom is -0.368 e. The van der Waals surface area contributed by atoms with Gasteiger partial charge < -0.3 is 11.1 Å². The van der Waals surface area contributed by atoms with E-state index < -0.39 is 0 Å². The molecule has 1 aliphatic heterocycles. The Morgan fingerprint density at radius 1 is 1.08 bits per heavy atom. The largest absolute Gasteiger partial charge is 0.368 e. The van der Waals surface area contributed by atoms with Gasteiger partial charge in [0.25, 0.3) is 0 Å². The van der Waals surface area contributed by atoms with E-state index in [1.807, 2.05) is 30.3 Å². The molecule has 1 aromatic rings. The number of benzene rings is 1. The summed E-state index contributed by atoms with van der Waals surface area (Å²) in [5.41, 5.74) is 6.60. The van der Waals surface area contributed by atoms with Crippen LogP contribution in [-0.2, 0) is 9.59 Å². The Balaban J connectivity index is 1.50. The quantitative estimate of drug-likeness (QED) is 0.833. The molecule has 1 saturated heterocycles. The summed E-state index contributed by atoms with van der Waals surface area (Å²) in [6, 6.07) is 9.54. The van der Waals surface area contributed by atoms with Crippen molar-refractivity contribution in [2.45, 2.75) is 57.0 Å². The van der Waals surface area contributed by atoms with Crippen molar-refractivity contribution in [1.82, 2.24) is 10.2 Å². The predicted molar refractivity (Wildman–Crippen MR) is 97.7 cm³/mol. The first kappa shape index (κ1) is 17.9. The molecule has 5 nitrogen and oxygen atoms in total. The Morgan fingerprint density at radius 2 is 1.72 bits per heavy atom. The van der Waals surface area contributed by atoms with Crippen LogP contribution in [0.5, 0.6) is 0 Å². The second-order valence-electron chi connectivity index (χ2n) is 7.45.